The first kappa shape index (κ1) is 8.12. The highest BCUT2D eigenvalue weighted by molar-refractivity contribution is 6.24. The zero-order chi connectivity index (χ0) is 8.44. The molecule has 0 heterocycles. The summed E-state index contributed by atoms with van der Waals surface area (Å²) in [6, 6.07) is 11.3. The molecule has 1 aromatic carbocycles. The van der Waals surface area contributed by atoms with Gasteiger partial charge in [-0.05, 0) is 24.5 Å². The summed E-state index contributed by atoms with van der Waals surface area (Å²) in [5, 5.41) is 0. The first-order valence-electron chi connectivity index (χ1n) is 4.47. The molecule has 0 aromatic heterocycles. The third kappa shape index (κ3) is 1.36. The van der Waals surface area contributed by atoms with Gasteiger partial charge in [0.15, 0.2) is 0 Å². The molecular weight excluding hydrogens is 168 g/mol. The van der Waals surface area contributed by atoms with E-state index in [4.69, 9.17) is 11.6 Å². The second-order valence-corrected chi connectivity index (χ2v) is 4.17. The Morgan fingerprint density at radius 3 is 2.58 bits per heavy atom. The van der Waals surface area contributed by atoms with Gasteiger partial charge in [0.25, 0.3) is 0 Å². The molecule has 0 amide bonds. The van der Waals surface area contributed by atoms with Gasteiger partial charge in [0.05, 0.1) is 4.87 Å². The zero-order valence-electron chi connectivity index (χ0n) is 7.02. The highest BCUT2D eigenvalue weighted by atomic mass is 35.5. The molecule has 0 nitrogen and oxygen atoms in total. The quantitative estimate of drug-likeness (QED) is 0.579. The molecule has 0 aliphatic heterocycles. The van der Waals surface area contributed by atoms with Gasteiger partial charge >= 0.3 is 0 Å². The van der Waals surface area contributed by atoms with E-state index in [1.807, 2.05) is 18.2 Å². The third-order valence-electron chi connectivity index (χ3n) is 2.59. The van der Waals surface area contributed by atoms with Crippen LogP contribution in [0.5, 0.6) is 0 Å². The fourth-order valence-electron chi connectivity index (χ4n) is 1.88. The Morgan fingerprint density at radius 1 is 1.25 bits per heavy atom. The molecular formula is C11H12Cl. The molecule has 1 saturated carbocycles. The molecule has 0 N–H and O–H groups in total. The predicted octanol–water partition coefficient (Wildman–Crippen LogP) is 3.49. The minimum atomic E-state index is -0.0960. The lowest BCUT2D eigenvalue weighted by molar-refractivity contribution is 0.636. The van der Waals surface area contributed by atoms with E-state index in [9.17, 15) is 0 Å². The second kappa shape index (κ2) is 3.10. The SMILES string of the molecule is ClC1(c2[c]cccc2)CCCC1. The Hall–Kier alpha value is -0.490. The van der Waals surface area contributed by atoms with Crippen LogP contribution in [0.3, 0.4) is 0 Å². The molecule has 2 rings (SSSR count). The van der Waals surface area contributed by atoms with Crippen molar-refractivity contribution < 1.29 is 0 Å². The predicted molar refractivity (Wildman–Crippen MR) is 51.3 cm³/mol. The van der Waals surface area contributed by atoms with Crippen LogP contribution in [0.1, 0.15) is 31.2 Å². The molecule has 1 heteroatoms. The topological polar surface area (TPSA) is 0 Å². The van der Waals surface area contributed by atoms with Crippen molar-refractivity contribution in [1.29, 1.82) is 0 Å². The van der Waals surface area contributed by atoms with Crippen LogP contribution in [0.25, 0.3) is 0 Å². The molecule has 63 valence electrons. The van der Waals surface area contributed by atoms with Crippen LogP contribution in [0.2, 0.25) is 0 Å². The van der Waals surface area contributed by atoms with E-state index in [2.05, 4.69) is 12.1 Å². The Kier molecular flexibility index (Phi) is 2.10. The van der Waals surface area contributed by atoms with Crippen LogP contribution < -0.4 is 0 Å². The molecule has 1 aliphatic rings. The van der Waals surface area contributed by atoms with Gasteiger partial charge in [-0.25, -0.2) is 0 Å². The molecule has 1 fully saturated rings. The highest BCUT2D eigenvalue weighted by Gasteiger charge is 2.32. The van der Waals surface area contributed by atoms with Gasteiger partial charge in [0.1, 0.15) is 0 Å². The van der Waals surface area contributed by atoms with Crippen molar-refractivity contribution in [1.82, 2.24) is 0 Å². The van der Waals surface area contributed by atoms with Gasteiger partial charge in [0, 0.05) is 0 Å². The third-order valence-corrected chi connectivity index (χ3v) is 3.17. The van der Waals surface area contributed by atoms with Crippen molar-refractivity contribution in [3.05, 3.63) is 35.9 Å². The van der Waals surface area contributed by atoms with E-state index in [0.717, 1.165) is 12.8 Å². The largest absolute Gasteiger partial charge is 0.114 e. The van der Waals surface area contributed by atoms with Gasteiger partial charge in [-0.1, -0.05) is 37.1 Å². The van der Waals surface area contributed by atoms with Crippen molar-refractivity contribution in [2.75, 3.05) is 0 Å². The normalized spacial score (nSPS) is 21.1. The van der Waals surface area contributed by atoms with Crippen molar-refractivity contribution in [2.24, 2.45) is 0 Å². The summed E-state index contributed by atoms with van der Waals surface area (Å²) in [6.07, 6.45) is 4.72. The van der Waals surface area contributed by atoms with Crippen LogP contribution >= 0.6 is 11.6 Å². The van der Waals surface area contributed by atoms with Gasteiger partial charge in [0.2, 0.25) is 0 Å². The smallest absolute Gasteiger partial charge is 0.0700 e. The van der Waals surface area contributed by atoms with Crippen LogP contribution in [-0.4, -0.2) is 0 Å². The molecule has 1 radical (unpaired) electrons. The minimum Gasteiger partial charge on any atom is -0.114 e. The minimum absolute atomic E-state index is 0.0960. The average Bonchev–Trinajstić information content (AvgIpc) is 2.55. The molecule has 0 bridgehead atoms. The van der Waals surface area contributed by atoms with Crippen molar-refractivity contribution in [3.8, 4) is 0 Å². The van der Waals surface area contributed by atoms with Crippen LogP contribution in [0, 0.1) is 6.07 Å². The van der Waals surface area contributed by atoms with E-state index in [1.165, 1.54) is 18.4 Å². The summed E-state index contributed by atoms with van der Waals surface area (Å²) < 4.78 is 0. The first-order valence-corrected chi connectivity index (χ1v) is 4.85. The molecule has 1 aromatic rings. The Morgan fingerprint density at radius 2 is 2.00 bits per heavy atom. The molecule has 12 heavy (non-hydrogen) atoms. The van der Waals surface area contributed by atoms with Gasteiger partial charge in [-0.3, -0.25) is 0 Å². The zero-order valence-corrected chi connectivity index (χ0v) is 7.77. The lowest BCUT2D eigenvalue weighted by Crippen LogP contribution is -2.12. The summed E-state index contributed by atoms with van der Waals surface area (Å²) >= 11 is 6.46. The number of hydrogen-bond acceptors (Lipinski definition) is 0. The molecule has 1 aliphatic carbocycles. The number of benzene rings is 1. The Labute approximate surface area is 78.6 Å². The maximum Gasteiger partial charge on any atom is 0.0700 e. The van der Waals surface area contributed by atoms with E-state index >= 15 is 0 Å². The summed E-state index contributed by atoms with van der Waals surface area (Å²) in [5.41, 5.74) is 1.17. The second-order valence-electron chi connectivity index (χ2n) is 3.45. The highest BCUT2D eigenvalue weighted by Crippen LogP contribution is 2.44. The first-order chi connectivity index (χ1) is 5.81. The number of alkyl halides is 1. The standard InChI is InChI=1S/C11H12Cl/c12-11(8-4-5-9-11)10-6-2-1-3-7-10/h1-3,6H,4-5,8-9H2. The van der Waals surface area contributed by atoms with E-state index in [1.54, 1.807) is 0 Å². The lowest BCUT2D eigenvalue weighted by Gasteiger charge is -2.20. The number of halogens is 1. The van der Waals surface area contributed by atoms with Crippen molar-refractivity contribution >= 4 is 11.6 Å². The maximum atomic E-state index is 6.46. The summed E-state index contributed by atoms with van der Waals surface area (Å²) in [6.45, 7) is 0. The Bertz CT molecular complexity index is 247. The summed E-state index contributed by atoms with van der Waals surface area (Å²) in [4.78, 5) is -0.0960. The van der Waals surface area contributed by atoms with Gasteiger partial charge < -0.3 is 0 Å². The van der Waals surface area contributed by atoms with Crippen molar-refractivity contribution in [3.63, 3.8) is 0 Å². The molecule has 0 spiro atoms. The van der Waals surface area contributed by atoms with Gasteiger partial charge in [-0.15, -0.1) is 11.6 Å². The lowest BCUT2D eigenvalue weighted by atomic mass is 9.97. The van der Waals surface area contributed by atoms with Crippen LogP contribution in [0.4, 0.5) is 0 Å². The molecule has 0 saturated heterocycles. The van der Waals surface area contributed by atoms with E-state index in [-0.39, 0.29) is 4.87 Å². The monoisotopic (exact) mass is 179 g/mol. The molecule has 0 atom stereocenters. The summed E-state index contributed by atoms with van der Waals surface area (Å²) in [5.74, 6) is 0. The average molecular weight is 180 g/mol. The van der Waals surface area contributed by atoms with Gasteiger partial charge in [-0.2, -0.15) is 0 Å². The maximum absolute atomic E-state index is 6.46. The van der Waals surface area contributed by atoms with E-state index < -0.39 is 0 Å². The van der Waals surface area contributed by atoms with Crippen LogP contribution in [0.15, 0.2) is 24.3 Å². The van der Waals surface area contributed by atoms with Crippen LogP contribution in [-0.2, 0) is 4.87 Å². The molecule has 0 unspecified atom stereocenters. The van der Waals surface area contributed by atoms with Crippen molar-refractivity contribution in [2.45, 2.75) is 30.6 Å². The van der Waals surface area contributed by atoms with E-state index in [0.29, 0.717) is 0 Å². The number of rotatable bonds is 1. The summed E-state index contributed by atoms with van der Waals surface area (Å²) in [7, 11) is 0. The Balaban J connectivity index is 2.29. The fourth-order valence-corrected chi connectivity index (χ4v) is 2.26. The number of hydrogen-bond donors (Lipinski definition) is 0. The fraction of sp³-hybridized carbons (Fsp3) is 0.455.